The van der Waals surface area contributed by atoms with E-state index in [9.17, 15) is 9.59 Å². The fourth-order valence-electron chi connectivity index (χ4n) is 3.53. The van der Waals surface area contributed by atoms with Gasteiger partial charge in [0.25, 0.3) is 5.91 Å². The summed E-state index contributed by atoms with van der Waals surface area (Å²) >= 11 is 0. The van der Waals surface area contributed by atoms with E-state index in [1.54, 1.807) is 36.5 Å². The van der Waals surface area contributed by atoms with E-state index in [0.29, 0.717) is 12.1 Å². The Bertz CT molecular complexity index is 1280. The van der Waals surface area contributed by atoms with Crippen molar-refractivity contribution in [1.29, 1.82) is 0 Å². The fraction of sp³-hybridized carbons (Fsp3) is 0.160. The van der Waals surface area contributed by atoms with Crippen LogP contribution in [0.4, 0.5) is 0 Å². The number of hydrogen-bond donors (Lipinski definition) is 3. The van der Waals surface area contributed by atoms with Gasteiger partial charge in [-0.2, -0.15) is 0 Å². The number of fused-ring (bicyclic) bond motifs is 1. The van der Waals surface area contributed by atoms with E-state index >= 15 is 0 Å². The smallest absolute Gasteiger partial charge is 0.335 e. The molecule has 2 aromatic heterocycles. The number of hydrogen-bond acceptors (Lipinski definition) is 4. The number of aromatic nitrogens is 2. The van der Waals surface area contributed by atoms with Crippen molar-refractivity contribution in [2.45, 2.75) is 0 Å². The Kier molecular flexibility index (Phi) is 6.00. The molecule has 1 amide bonds. The van der Waals surface area contributed by atoms with Crippen LogP contribution in [0.25, 0.3) is 33.3 Å². The number of nitrogens with zero attached hydrogens (tertiary/aromatic N) is 2. The van der Waals surface area contributed by atoms with Crippen molar-refractivity contribution >= 4 is 22.9 Å². The molecule has 0 unspecified atom stereocenters. The third-order valence-corrected chi connectivity index (χ3v) is 5.28. The van der Waals surface area contributed by atoms with Crippen molar-refractivity contribution in [2.24, 2.45) is 0 Å². The number of amides is 1. The highest BCUT2D eigenvalue weighted by molar-refractivity contribution is 5.98. The average Bonchev–Trinajstić information content (AvgIpc) is 3.22. The molecule has 4 rings (SSSR count). The van der Waals surface area contributed by atoms with Crippen molar-refractivity contribution in [3.05, 3.63) is 78.1 Å². The van der Waals surface area contributed by atoms with Gasteiger partial charge in [-0.3, -0.25) is 4.79 Å². The maximum Gasteiger partial charge on any atom is 0.335 e. The standard InChI is InChI=1S/C25H24N4O3/c1-29(2)11-10-26-24(30)19-5-3-4-18(12-19)20-13-21-22(15-28-23(21)27-14-20)16-6-8-17(9-7-16)25(31)32/h3-9,12-15H,10-11H2,1-2H3,(H,26,30)(H,27,28)(H,31,32). The first kappa shape index (κ1) is 21.3. The number of H-pyrrole nitrogens is 1. The van der Waals surface area contributed by atoms with Crippen molar-refractivity contribution in [3.8, 4) is 22.3 Å². The highest BCUT2D eigenvalue weighted by atomic mass is 16.4. The molecule has 7 nitrogen and oxygen atoms in total. The molecule has 0 saturated heterocycles. The predicted molar refractivity (Wildman–Crippen MR) is 125 cm³/mol. The van der Waals surface area contributed by atoms with Crippen molar-refractivity contribution in [2.75, 3.05) is 27.2 Å². The van der Waals surface area contributed by atoms with Crippen LogP contribution in [0.1, 0.15) is 20.7 Å². The lowest BCUT2D eigenvalue weighted by molar-refractivity contribution is 0.0696. The van der Waals surface area contributed by atoms with Gasteiger partial charge < -0.3 is 20.3 Å². The lowest BCUT2D eigenvalue weighted by atomic mass is 10.0. The van der Waals surface area contributed by atoms with Crippen LogP contribution in [0.15, 0.2) is 67.0 Å². The zero-order valence-corrected chi connectivity index (χ0v) is 17.9. The zero-order valence-electron chi connectivity index (χ0n) is 17.9. The van der Waals surface area contributed by atoms with Crippen LogP contribution in [0.2, 0.25) is 0 Å². The van der Waals surface area contributed by atoms with Crippen LogP contribution in [-0.4, -0.2) is 59.0 Å². The van der Waals surface area contributed by atoms with Crippen LogP contribution in [0.3, 0.4) is 0 Å². The number of nitrogens with one attached hydrogen (secondary N) is 2. The number of benzene rings is 2. The summed E-state index contributed by atoms with van der Waals surface area (Å²) in [6.45, 7) is 1.35. The Morgan fingerprint density at radius 3 is 2.50 bits per heavy atom. The molecule has 0 radical (unpaired) electrons. The van der Waals surface area contributed by atoms with Crippen LogP contribution >= 0.6 is 0 Å². The number of carbonyl (C=O) groups is 2. The van der Waals surface area contributed by atoms with Gasteiger partial charge in [0.2, 0.25) is 0 Å². The first-order valence-corrected chi connectivity index (χ1v) is 10.3. The van der Waals surface area contributed by atoms with Gasteiger partial charge in [0.05, 0.1) is 5.56 Å². The Balaban J connectivity index is 1.64. The number of aromatic amines is 1. The van der Waals surface area contributed by atoms with E-state index in [0.717, 1.165) is 39.8 Å². The van der Waals surface area contributed by atoms with Crippen molar-refractivity contribution < 1.29 is 14.7 Å². The third-order valence-electron chi connectivity index (χ3n) is 5.28. The molecule has 0 aliphatic heterocycles. The summed E-state index contributed by atoms with van der Waals surface area (Å²) in [5.41, 5.74) is 5.20. The van der Waals surface area contributed by atoms with Crippen molar-refractivity contribution in [3.63, 3.8) is 0 Å². The van der Waals surface area contributed by atoms with E-state index in [1.807, 2.05) is 49.5 Å². The third kappa shape index (κ3) is 4.53. The fourth-order valence-corrected chi connectivity index (χ4v) is 3.53. The van der Waals surface area contributed by atoms with Crippen LogP contribution < -0.4 is 5.32 Å². The number of aromatic carboxylic acids is 1. The molecule has 0 fully saturated rings. The topological polar surface area (TPSA) is 98.3 Å². The summed E-state index contributed by atoms with van der Waals surface area (Å²) in [4.78, 5) is 33.4. The molecule has 0 aliphatic rings. The summed E-state index contributed by atoms with van der Waals surface area (Å²) in [7, 11) is 3.93. The summed E-state index contributed by atoms with van der Waals surface area (Å²) in [6.07, 6.45) is 3.64. The van der Waals surface area contributed by atoms with Crippen molar-refractivity contribution in [1.82, 2.24) is 20.2 Å². The van der Waals surface area contributed by atoms with E-state index in [4.69, 9.17) is 5.11 Å². The Morgan fingerprint density at radius 2 is 1.78 bits per heavy atom. The van der Waals surface area contributed by atoms with Gasteiger partial charge in [0, 0.05) is 47.6 Å². The molecule has 0 atom stereocenters. The van der Waals surface area contributed by atoms with E-state index in [1.165, 1.54) is 0 Å². The molecule has 0 aliphatic carbocycles. The number of carboxylic acids is 1. The minimum absolute atomic E-state index is 0.108. The van der Waals surface area contributed by atoms with E-state index in [2.05, 4.69) is 15.3 Å². The molecular formula is C25H24N4O3. The number of carbonyl (C=O) groups excluding carboxylic acids is 1. The first-order chi connectivity index (χ1) is 15.4. The summed E-state index contributed by atoms with van der Waals surface area (Å²) in [5.74, 6) is -1.06. The Labute approximate surface area is 185 Å². The normalized spacial score (nSPS) is 11.1. The summed E-state index contributed by atoms with van der Waals surface area (Å²) < 4.78 is 0. The highest BCUT2D eigenvalue weighted by Crippen LogP contribution is 2.31. The maximum absolute atomic E-state index is 12.5. The molecular weight excluding hydrogens is 404 g/mol. The number of rotatable bonds is 7. The van der Waals surface area contributed by atoms with Gasteiger partial charge in [0.1, 0.15) is 5.65 Å². The zero-order chi connectivity index (χ0) is 22.7. The molecule has 2 heterocycles. The second-order valence-electron chi connectivity index (χ2n) is 7.84. The van der Waals surface area contributed by atoms with E-state index in [-0.39, 0.29) is 11.5 Å². The molecule has 3 N–H and O–H groups in total. The molecule has 0 spiro atoms. The molecule has 32 heavy (non-hydrogen) atoms. The largest absolute Gasteiger partial charge is 0.478 e. The average molecular weight is 428 g/mol. The maximum atomic E-state index is 12.5. The van der Waals surface area contributed by atoms with Gasteiger partial charge in [0.15, 0.2) is 0 Å². The lowest BCUT2D eigenvalue weighted by Gasteiger charge is -2.11. The Hall–Kier alpha value is -3.97. The van der Waals surface area contributed by atoms with Gasteiger partial charge in [-0.05, 0) is 55.6 Å². The predicted octanol–water partition coefficient (Wildman–Crippen LogP) is 3.89. The van der Waals surface area contributed by atoms with Crippen LogP contribution in [0, 0.1) is 0 Å². The lowest BCUT2D eigenvalue weighted by Crippen LogP contribution is -2.31. The van der Waals surface area contributed by atoms with Gasteiger partial charge in [-0.25, -0.2) is 9.78 Å². The SMILES string of the molecule is CN(C)CCNC(=O)c1cccc(-c2cnc3[nH]cc(-c4ccc(C(=O)O)cc4)c3c2)c1. The quantitative estimate of drug-likeness (QED) is 0.415. The molecule has 2 aromatic carbocycles. The molecule has 4 aromatic rings. The second-order valence-corrected chi connectivity index (χ2v) is 7.84. The number of pyridine rings is 1. The van der Waals surface area contributed by atoms with Gasteiger partial charge >= 0.3 is 5.97 Å². The number of likely N-dealkylation sites (N-methyl/N-ethyl adjacent to an activating group) is 1. The minimum atomic E-state index is -0.954. The molecule has 0 bridgehead atoms. The minimum Gasteiger partial charge on any atom is -0.478 e. The highest BCUT2D eigenvalue weighted by Gasteiger charge is 2.12. The molecule has 162 valence electrons. The van der Waals surface area contributed by atoms with E-state index < -0.39 is 5.97 Å². The molecule has 7 heteroatoms. The summed E-state index contributed by atoms with van der Waals surface area (Å²) in [5, 5.41) is 13.0. The summed E-state index contributed by atoms with van der Waals surface area (Å²) in [6, 6.07) is 16.3. The molecule has 0 saturated carbocycles. The first-order valence-electron chi connectivity index (χ1n) is 10.3. The van der Waals surface area contributed by atoms with Crippen LogP contribution in [0.5, 0.6) is 0 Å². The monoisotopic (exact) mass is 428 g/mol. The Morgan fingerprint density at radius 1 is 1.00 bits per heavy atom. The van der Waals surface area contributed by atoms with Gasteiger partial charge in [-0.15, -0.1) is 0 Å². The van der Waals surface area contributed by atoms with Crippen LogP contribution in [-0.2, 0) is 0 Å². The van der Waals surface area contributed by atoms with Gasteiger partial charge in [-0.1, -0.05) is 24.3 Å². The number of carboxylic acid groups (broad SMARTS) is 1. The second kappa shape index (κ2) is 9.03.